The molecule has 0 aliphatic carbocycles. The summed E-state index contributed by atoms with van der Waals surface area (Å²) < 4.78 is 5.89. The molecule has 0 spiro atoms. The minimum absolute atomic E-state index is 0.472. The molecule has 0 saturated carbocycles. The van der Waals surface area contributed by atoms with Gasteiger partial charge in [0.05, 0.1) is 12.2 Å². The highest BCUT2D eigenvalue weighted by molar-refractivity contribution is 5.49. The lowest BCUT2D eigenvalue weighted by Gasteiger charge is -2.34. The summed E-state index contributed by atoms with van der Waals surface area (Å²) in [5, 5.41) is 3.33. The minimum atomic E-state index is 0.472. The number of nitrogens with zero attached hydrogens (tertiary/aromatic N) is 1. The Labute approximate surface area is 108 Å². The molecule has 1 N–H and O–H groups in total. The van der Waals surface area contributed by atoms with Crippen molar-refractivity contribution in [1.29, 1.82) is 0 Å². The highest BCUT2D eigenvalue weighted by atomic mass is 16.5. The molecule has 3 fully saturated rings. The normalized spacial score (nSPS) is 31.4. The lowest BCUT2D eigenvalue weighted by molar-refractivity contribution is 0.0305. The smallest absolute Gasteiger partial charge is 0.0755 e. The van der Waals surface area contributed by atoms with E-state index in [9.17, 15) is 0 Å². The lowest BCUT2D eigenvalue weighted by Crippen LogP contribution is -2.42. The molecule has 3 aliphatic rings. The van der Waals surface area contributed by atoms with Crippen LogP contribution in [0.15, 0.2) is 24.3 Å². The van der Waals surface area contributed by atoms with Gasteiger partial charge in [-0.05, 0) is 30.5 Å². The van der Waals surface area contributed by atoms with Crippen LogP contribution in [0, 0.1) is 0 Å². The van der Waals surface area contributed by atoms with Gasteiger partial charge in [-0.2, -0.15) is 0 Å². The molecular formula is C15H20N2O. The Kier molecular flexibility index (Phi) is 2.55. The third-order valence-corrected chi connectivity index (χ3v) is 4.55. The first-order valence-corrected chi connectivity index (χ1v) is 7.09. The van der Waals surface area contributed by atoms with Crippen LogP contribution >= 0.6 is 0 Å². The third kappa shape index (κ3) is 1.82. The summed E-state index contributed by atoms with van der Waals surface area (Å²) >= 11 is 0. The summed E-state index contributed by atoms with van der Waals surface area (Å²) in [5.41, 5.74) is 2.85. The second-order valence-corrected chi connectivity index (χ2v) is 5.81. The van der Waals surface area contributed by atoms with Crippen molar-refractivity contribution in [3.8, 4) is 0 Å². The summed E-state index contributed by atoms with van der Waals surface area (Å²) in [7, 11) is 0. The number of fused-ring (bicyclic) bond motifs is 2. The molecule has 18 heavy (non-hydrogen) atoms. The number of hydrogen-bond acceptors (Lipinski definition) is 3. The van der Waals surface area contributed by atoms with Gasteiger partial charge < -0.3 is 15.0 Å². The SMILES string of the molecule is c1cc(N2C[C@H]3CC[C@@H](C2)O3)ccc1C1CNC1. The van der Waals surface area contributed by atoms with E-state index in [2.05, 4.69) is 34.5 Å². The first-order chi connectivity index (χ1) is 8.88. The molecule has 2 bridgehead atoms. The van der Waals surface area contributed by atoms with Crippen molar-refractivity contribution in [3.05, 3.63) is 29.8 Å². The molecule has 4 rings (SSSR count). The Hall–Kier alpha value is -1.06. The van der Waals surface area contributed by atoms with Crippen LogP contribution in [0.25, 0.3) is 0 Å². The van der Waals surface area contributed by atoms with E-state index in [1.807, 2.05) is 0 Å². The van der Waals surface area contributed by atoms with Crippen molar-refractivity contribution in [2.24, 2.45) is 0 Å². The molecule has 0 aromatic heterocycles. The summed E-state index contributed by atoms with van der Waals surface area (Å²) in [6.07, 6.45) is 3.43. The molecule has 2 atom stereocenters. The van der Waals surface area contributed by atoms with Crippen molar-refractivity contribution in [2.45, 2.75) is 31.0 Å². The van der Waals surface area contributed by atoms with E-state index in [0.29, 0.717) is 12.2 Å². The number of nitrogens with one attached hydrogen (secondary N) is 1. The monoisotopic (exact) mass is 244 g/mol. The second kappa shape index (κ2) is 4.25. The first kappa shape index (κ1) is 10.8. The van der Waals surface area contributed by atoms with Crippen LogP contribution in [0.2, 0.25) is 0 Å². The molecule has 3 nitrogen and oxygen atoms in total. The van der Waals surface area contributed by atoms with Crippen LogP contribution in [0.4, 0.5) is 5.69 Å². The molecule has 96 valence electrons. The third-order valence-electron chi connectivity index (χ3n) is 4.55. The fourth-order valence-electron chi connectivity index (χ4n) is 3.31. The zero-order chi connectivity index (χ0) is 11.9. The standard InChI is InChI=1S/C15H20N2O/c1-3-13(4-2-11(1)12-7-16-8-12)17-9-14-5-6-15(10-17)18-14/h1-4,12,14-16H,5-10H2/t14-,15+. The number of anilines is 1. The number of rotatable bonds is 2. The number of benzene rings is 1. The van der Waals surface area contributed by atoms with Gasteiger partial charge in [-0.15, -0.1) is 0 Å². The minimum Gasteiger partial charge on any atom is -0.371 e. The van der Waals surface area contributed by atoms with Crippen molar-refractivity contribution >= 4 is 5.69 Å². The van der Waals surface area contributed by atoms with Crippen LogP contribution in [-0.2, 0) is 4.74 Å². The van der Waals surface area contributed by atoms with Crippen molar-refractivity contribution in [1.82, 2.24) is 5.32 Å². The highest BCUT2D eigenvalue weighted by Gasteiger charge is 2.33. The number of ether oxygens (including phenoxy) is 1. The second-order valence-electron chi connectivity index (χ2n) is 5.81. The van der Waals surface area contributed by atoms with E-state index in [0.717, 1.165) is 32.1 Å². The molecule has 1 aromatic rings. The molecule has 0 radical (unpaired) electrons. The molecule has 3 heteroatoms. The summed E-state index contributed by atoms with van der Waals surface area (Å²) in [6, 6.07) is 9.19. The Bertz CT molecular complexity index is 415. The predicted octanol–water partition coefficient (Wildman–Crippen LogP) is 1.74. The van der Waals surface area contributed by atoms with E-state index < -0.39 is 0 Å². The summed E-state index contributed by atoms with van der Waals surface area (Å²) in [6.45, 7) is 4.42. The van der Waals surface area contributed by atoms with Gasteiger partial charge in [0, 0.05) is 37.8 Å². The van der Waals surface area contributed by atoms with Gasteiger partial charge in [0.2, 0.25) is 0 Å². The maximum atomic E-state index is 5.89. The lowest BCUT2D eigenvalue weighted by atomic mass is 9.93. The molecular weight excluding hydrogens is 224 g/mol. The fourth-order valence-corrected chi connectivity index (χ4v) is 3.31. The fraction of sp³-hybridized carbons (Fsp3) is 0.600. The molecule has 1 aromatic carbocycles. The number of hydrogen-bond donors (Lipinski definition) is 1. The summed E-state index contributed by atoms with van der Waals surface area (Å²) in [5.74, 6) is 0.736. The van der Waals surface area contributed by atoms with Gasteiger partial charge in [0.15, 0.2) is 0 Å². The van der Waals surface area contributed by atoms with Gasteiger partial charge in [-0.25, -0.2) is 0 Å². The maximum absolute atomic E-state index is 5.89. The predicted molar refractivity (Wildman–Crippen MR) is 72.2 cm³/mol. The average Bonchev–Trinajstić information content (AvgIpc) is 2.67. The Balaban J connectivity index is 1.50. The summed E-state index contributed by atoms with van der Waals surface area (Å²) in [4.78, 5) is 2.49. The van der Waals surface area contributed by atoms with E-state index in [-0.39, 0.29) is 0 Å². The Morgan fingerprint density at radius 3 is 2.22 bits per heavy atom. The molecule has 3 heterocycles. The van der Waals surface area contributed by atoms with E-state index in [1.54, 1.807) is 0 Å². The molecule has 0 amide bonds. The van der Waals surface area contributed by atoms with Gasteiger partial charge >= 0.3 is 0 Å². The first-order valence-electron chi connectivity index (χ1n) is 7.09. The molecule has 0 unspecified atom stereocenters. The Morgan fingerprint density at radius 1 is 1.00 bits per heavy atom. The van der Waals surface area contributed by atoms with Crippen LogP contribution in [0.3, 0.4) is 0 Å². The quantitative estimate of drug-likeness (QED) is 0.857. The van der Waals surface area contributed by atoms with Crippen molar-refractivity contribution in [3.63, 3.8) is 0 Å². The van der Waals surface area contributed by atoms with Gasteiger partial charge in [0.1, 0.15) is 0 Å². The van der Waals surface area contributed by atoms with Gasteiger partial charge in [0.25, 0.3) is 0 Å². The van der Waals surface area contributed by atoms with Crippen molar-refractivity contribution < 1.29 is 4.74 Å². The van der Waals surface area contributed by atoms with Crippen LogP contribution in [0.1, 0.15) is 24.3 Å². The topological polar surface area (TPSA) is 24.5 Å². The van der Waals surface area contributed by atoms with Crippen molar-refractivity contribution in [2.75, 3.05) is 31.1 Å². The molecule has 3 saturated heterocycles. The van der Waals surface area contributed by atoms with Crippen LogP contribution < -0.4 is 10.2 Å². The number of morpholine rings is 1. The van der Waals surface area contributed by atoms with E-state index in [4.69, 9.17) is 4.74 Å². The van der Waals surface area contributed by atoms with E-state index >= 15 is 0 Å². The van der Waals surface area contributed by atoms with E-state index in [1.165, 1.54) is 24.1 Å². The average molecular weight is 244 g/mol. The van der Waals surface area contributed by atoms with Crippen LogP contribution in [-0.4, -0.2) is 38.4 Å². The Morgan fingerprint density at radius 2 is 1.67 bits per heavy atom. The largest absolute Gasteiger partial charge is 0.371 e. The zero-order valence-corrected chi connectivity index (χ0v) is 10.6. The zero-order valence-electron chi connectivity index (χ0n) is 10.6. The van der Waals surface area contributed by atoms with Gasteiger partial charge in [-0.1, -0.05) is 12.1 Å². The highest BCUT2D eigenvalue weighted by Crippen LogP contribution is 2.30. The maximum Gasteiger partial charge on any atom is 0.0755 e. The molecule has 3 aliphatic heterocycles. The van der Waals surface area contributed by atoms with Gasteiger partial charge in [-0.3, -0.25) is 0 Å². The van der Waals surface area contributed by atoms with Crippen LogP contribution in [0.5, 0.6) is 0 Å².